The van der Waals surface area contributed by atoms with Gasteiger partial charge >= 0.3 is 5.97 Å². The van der Waals surface area contributed by atoms with E-state index in [0.717, 1.165) is 7.85 Å². The van der Waals surface area contributed by atoms with Crippen molar-refractivity contribution in [2.45, 2.75) is 0 Å². The Kier molecular flexibility index (Phi) is 1.38. The van der Waals surface area contributed by atoms with Gasteiger partial charge in [0.2, 0.25) is 7.85 Å². The SMILES string of the molecule is BC(=O)C(=O)O. The smallest absolute Gasteiger partial charge is 0.360 e. The lowest BCUT2D eigenvalue weighted by molar-refractivity contribution is -0.145. The predicted molar refractivity (Wildman–Crippen MR) is 21.2 cm³/mol. The summed E-state index contributed by atoms with van der Waals surface area (Å²) in [5.41, 5.74) is -0.824. The Hall–Kier alpha value is -0.795. The number of carbonyl (C=O) groups excluding carboxylic acids is 1. The normalized spacial score (nSPS) is 7.33. The lowest BCUT2D eigenvalue weighted by Crippen LogP contribution is -2.10. The third-order valence-corrected chi connectivity index (χ3v) is 0.301. The molecule has 0 aromatic rings. The maximum absolute atomic E-state index is 9.54. The van der Waals surface area contributed by atoms with Crippen LogP contribution < -0.4 is 0 Å². The fourth-order valence-corrected chi connectivity index (χ4v) is 0. The van der Waals surface area contributed by atoms with E-state index in [9.17, 15) is 9.59 Å². The van der Waals surface area contributed by atoms with Gasteiger partial charge in [-0.1, -0.05) is 0 Å². The number of aliphatic carboxylic acids is 1. The molecule has 4 heteroatoms. The van der Waals surface area contributed by atoms with Crippen molar-refractivity contribution < 1.29 is 14.7 Å². The molecule has 0 unspecified atom stereocenters. The van der Waals surface area contributed by atoms with Crippen molar-refractivity contribution in [3.63, 3.8) is 0 Å². The van der Waals surface area contributed by atoms with Crippen LogP contribution in [0.25, 0.3) is 0 Å². The van der Waals surface area contributed by atoms with E-state index in [1.807, 2.05) is 0 Å². The van der Waals surface area contributed by atoms with Crippen molar-refractivity contribution in [3.05, 3.63) is 0 Å². The Morgan fingerprint density at radius 1 is 1.50 bits per heavy atom. The zero-order chi connectivity index (χ0) is 5.15. The molecule has 6 heavy (non-hydrogen) atoms. The molecule has 0 aliphatic heterocycles. The van der Waals surface area contributed by atoms with Gasteiger partial charge in [-0.15, -0.1) is 0 Å². The van der Waals surface area contributed by atoms with E-state index in [1.54, 1.807) is 0 Å². The van der Waals surface area contributed by atoms with Gasteiger partial charge in [-0.25, -0.2) is 4.79 Å². The predicted octanol–water partition coefficient (Wildman–Crippen LogP) is -1.77. The van der Waals surface area contributed by atoms with Crippen molar-refractivity contribution >= 4 is 19.5 Å². The Morgan fingerprint density at radius 3 is 1.67 bits per heavy atom. The quantitative estimate of drug-likeness (QED) is 0.303. The molecule has 0 saturated heterocycles. The molecule has 0 aromatic heterocycles. The monoisotopic (exact) mass is 86.0 g/mol. The van der Waals surface area contributed by atoms with Gasteiger partial charge in [-0.05, 0) is 0 Å². The van der Waals surface area contributed by atoms with Crippen molar-refractivity contribution in [1.29, 1.82) is 0 Å². The lowest BCUT2D eigenvalue weighted by Gasteiger charge is -1.73. The van der Waals surface area contributed by atoms with Crippen LogP contribution in [-0.4, -0.2) is 24.6 Å². The van der Waals surface area contributed by atoms with Gasteiger partial charge in [0.25, 0.3) is 0 Å². The molecule has 1 N–H and O–H groups in total. The van der Waals surface area contributed by atoms with E-state index in [-0.39, 0.29) is 0 Å². The number of carbonyl (C=O) groups is 2. The Bertz CT molecular complexity index is 74.8. The second-order valence-electron chi connectivity index (χ2n) is 0.861. The summed E-state index contributed by atoms with van der Waals surface area (Å²) in [5, 5.41) is 7.64. The van der Waals surface area contributed by atoms with Gasteiger partial charge < -0.3 is 5.11 Å². The van der Waals surface area contributed by atoms with Crippen LogP contribution in [0.15, 0.2) is 0 Å². The molecule has 0 spiro atoms. The summed E-state index contributed by atoms with van der Waals surface area (Å²) >= 11 is 0. The molecule has 0 aliphatic rings. The van der Waals surface area contributed by atoms with Crippen molar-refractivity contribution in [1.82, 2.24) is 0 Å². The molecule has 0 atom stereocenters. The summed E-state index contributed by atoms with van der Waals surface area (Å²) in [6.45, 7) is 0. The first kappa shape index (κ1) is 5.20. The third-order valence-electron chi connectivity index (χ3n) is 0.301. The summed E-state index contributed by atoms with van der Waals surface area (Å²) < 4.78 is 0. The van der Waals surface area contributed by atoms with Crippen LogP contribution in [0.1, 0.15) is 0 Å². The molecule has 0 heterocycles. The summed E-state index contributed by atoms with van der Waals surface area (Å²) in [6, 6.07) is 0. The third kappa shape index (κ3) is 1.52. The average Bonchev–Trinajstić information content (AvgIpc) is 1.36. The highest BCUT2D eigenvalue weighted by atomic mass is 16.4. The average molecular weight is 85.9 g/mol. The first-order chi connectivity index (χ1) is 2.64. The van der Waals surface area contributed by atoms with E-state index in [0.29, 0.717) is 0 Å². The minimum absolute atomic E-state index is 0.824. The first-order valence-corrected chi connectivity index (χ1v) is 1.38. The summed E-state index contributed by atoms with van der Waals surface area (Å²) in [4.78, 5) is 18.9. The zero-order valence-corrected chi connectivity index (χ0v) is 3.26. The maximum atomic E-state index is 9.54. The highest BCUT2D eigenvalue weighted by Crippen LogP contribution is 1.55. The lowest BCUT2D eigenvalue weighted by atomic mass is 10.0. The number of carboxylic acids is 1. The second-order valence-corrected chi connectivity index (χ2v) is 0.861. The minimum atomic E-state index is -1.38. The van der Waals surface area contributed by atoms with Crippen LogP contribution >= 0.6 is 0 Å². The van der Waals surface area contributed by atoms with Crippen LogP contribution in [0, 0.1) is 0 Å². The number of carboxylic acid groups (broad SMARTS) is 1. The van der Waals surface area contributed by atoms with Crippen molar-refractivity contribution in [2.24, 2.45) is 0 Å². The van der Waals surface area contributed by atoms with E-state index in [4.69, 9.17) is 5.11 Å². The summed E-state index contributed by atoms with van der Waals surface area (Å²) in [5.74, 6) is -1.38. The molecule has 3 nitrogen and oxygen atoms in total. The topological polar surface area (TPSA) is 54.4 Å². The van der Waals surface area contributed by atoms with Crippen LogP contribution in [0.2, 0.25) is 0 Å². The van der Waals surface area contributed by atoms with Gasteiger partial charge in [0.05, 0.1) is 0 Å². The van der Waals surface area contributed by atoms with Gasteiger partial charge in [0.15, 0.2) is 5.68 Å². The van der Waals surface area contributed by atoms with Crippen LogP contribution in [0.3, 0.4) is 0 Å². The van der Waals surface area contributed by atoms with Gasteiger partial charge in [-0.2, -0.15) is 0 Å². The highest BCUT2D eigenvalue weighted by molar-refractivity contribution is 6.75. The number of hydrogen-bond acceptors (Lipinski definition) is 2. The fourth-order valence-electron chi connectivity index (χ4n) is 0. The molecule has 32 valence electrons. The Labute approximate surface area is 35.4 Å². The van der Waals surface area contributed by atoms with Crippen molar-refractivity contribution in [2.75, 3.05) is 0 Å². The minimum Gasteiger partial charge on any atom is -0.476 e. The molecule has 0 amide bonds. The summed E-state index contributed by atoms with van der Waals surface area (Å²) in [6.07, 6.45) is 0. The van der Waals surface area contributed by atoms with Gasteiger partial charge in [0, 0.05) is 0 Å². The maximum Gasteiger partial charge on any atom is 0.360 e. The highest BCUT2D eigenvalue weighted by Gasteiger charge is 1.98. The standard InChI is InChI=1S/C2H3BO3/c3-1(4)2(5)6/h3H2,(H,5,6). The molecule has 0 aromatic carbocycles. The molecular formula is C2H3BO3. The second kappa shape index (κ2) is 1.59. The van der Waals surface area contributed by atoms with E-state index in [2.05, 4.69) is 0 Å². The molecule has 0 aliphatic carbocycles. The van der Waals surface area contributed by atoms with Gasteiger partial charge in [-0.3, -0.25) is 4.79 Å². The van der Waals surface area contributed by atoms with Crippen LogP contribution in [-0.2, 0) is 9.59 Å². The van der Waals surface area contributed by atoms with E-state index < -0.39 is 11.7 Å². The van der Waals surface area contributed by atoms with Crippen molar-refractivity contribution in [3.8, 4) is 0 Å². The Balaban J connectivity index is 3.57. The van der Waals surface area contributed by atoms with Gasteiger partial charge in [0.1, 0.15) is 0 Å². The van der Waals surface area contributed by atoms with Crippen LogP contribution in [0.5, 0.6) is 0 Å². The van der Waals surface area contributed by atoms with E-state index in [1.165, 1.54) is 0 Å². The number of hydrogen-bond donors (Lipinski definition) is 1. The molecule has 0 fully saturated rings. The largest absolute Gasteiger partial charge is 0.476 e. The summed E-state index contributed by atoms with van der Waals surface area (Å²) in [7, 11) is 1.00. The molecule has 0 saturated carbocycles. The zero-order valence-electron chi connectivity index (χ0n) is 3.26. The first-order valence-electron chi connectivity index (χ1n) is 1.38. The molecule has 0 radical (unpaired) electrons. The fraction of sp³-hybridized carbons (Fsp3) is 0. The molecule has 0 bridgehead atoms. The molecular weight excluding hydrogens is 82.8 g/mol. The Morgan fingerprint density at radius 2 is 1.67 bits per heavy atom. The van der Waals surface area contributed by atoms with E-state index >= 15 is 0 Å². The molecule has 0 rings (SSSR count). The number of rotatable bonds is 1. The van der Waals surface area contributed by atoms with Crippen LogP contribution in [0.4, 0.5) is 0 Å².